The molecule has 2 aromatic carbocycles. The zero-order chi connectivity index (χ0) is 19.1. The van der Waals surface area contributed by atoms with Crippen LogP contribution in [-0.2, 0) is 11.2 Å². The molecule has 0 saturated carbocycles. The summed E-state index contributed by atoms with van der Waals surface area (Å²) in [5.74, 6) is 0.273. The molecule has 0 bridgehead atoms. The summed E-state index contributed by atoms with van der Waals surface area (Å²) in [5.41, 5.74) is 8.76. The normalized spacial score (nSPS) is 12.5. The molecule has 138 valence electrons. The molecule has 1 atom stereocenters. The molecule has 2 rings (SSSR count). The molecule has 4 N–H and O–H groups in total. The Kier molecular flexibility index (Phi) is 7.30. The number of guanidine groups is 1. The van der Waals surface area contributed by atoms with E-state index in [2.05, 4.69) is 15.6 Å². The molecule has 26 heavy (non-hydrogen) atoms. The number of aliphatic imine (C=N–C) groups is 1. The maximum absolute atomic E-state index is 11.0. The minimum absolute atomic E-state index is 0.0829. The van der Waals surface area contributed by atoms with Crippen molar-refractivity contribution in [2.24, 2.45) is 10.7 Å². The van der Waals surface area contributed by atoms with Crippen LogP contribution < -0.4 is 16.4 Å². The van der Waals surface area contributed by atoms with E-state index in [-0.39, 0.29) is 11.9 Å². The van der Waals surface area contributed by atoms with E-state index >= 15 is 0 Å². The van der Waals surface area contributed by atoms with Gasteiger partial charge >= 0.3 is 0 Å². The van der Waals surface area contributed by atoms with Crippen molar-refractivity contribution < 1.29 is 4.79 Å². The van der Waals surface area contributed by atoms with Gasteiger partial charge in [-0.2, -0.15) is 0 Å². The van der Waals surface area contributed by atoms with Crippen molar-refractivity contribution >= 4 is 40.8 Å². The van der Waals surface area contributed by atoms with Gasteiger partial charge in [-0.1, -0.05) is 41.4 Å². The first-order valence-corrected chi connectivity index (χ1v) is 8.98. The number of benzene rings is 2. The first kappa shape index (κ1) is 20.1. The molecule has 0 heterocycles. The topological polar surface area (TPSA) is 79.5 Å². The summed E-state index contributed by atoms with van der Waals surface area (Å²) < 4.78 is 0. The number of hydrogen-bond acceptors (Lipinski definition) is 2. The van der Waals surface area contributed by atoms with Crippen molar-refractivity contribution in [2.45, 2.75) is 26.3 Å². The molecule has 0 aliphatic carbocycles. The summed E-state index contributed by atoms with van der Waals surface area (Å²) in [6.45, 7) is 3.99. The zero-order valence-corrected chi connectivity index (χ0v) is 16.2. The molecule has 0 saturated heterocycles. The number of halogens is 2. The fraction of sp³-hybridized carbons (Fsp3) is 0.263. The molecule has 0 aromatic heterocycles. The van der Waals surface area contributed by atoms with E-state index in [9.17, 15) is 4.79 Å². The van der Waals surface area contributed by atoms with E-state index in [1.54, 1.807) is 12.1 Å². The quantitative estimate of drug-likeness (QED) is 0.509. The summed E-state index contributed by atoms with van der Waals surface area (Å²) >= 11 is 12.1. The lowest BCUT2D eigenvalue weighted by atomic mass is 10.1. The Morgan fingerprint density at radius 3 is 2.50 bits per heavy atom. The minimum atomic E-state index is -0.0869. The molecule has 0 spiro atoms. The number of anilines is 1. The second-order valence-corrected chi connectivity index (χ2v) is 6.77. The van der Waals surface area contributed by atoms with Crippen LogP contribution in [0, 0.1) is 0 Å². The standard InChI is InChI=1S/C19H22Cl2N4O/c1-12(17-8-5-15(20)11-18(17)21)24-19(22)23-10-9-14-3-6-16(7-4-14)25-13(2)26/h3-8,11-12H,9-10H2,1-2H3,(H,25,26)(H3,22,23,24). The van der Waals surface area contributed by atoms with Crippen molar-refractivity contribution in [3.8, 4) is 0 Å². The lowest BCUT2D eigenvalue weighted by molar-refractivity contribution is -0.114. The molecule has 0 radical (unpaired) electrons. The Bertz CT molecular complexity index is 791. The number of hydrogen-bond donors (Lipinski definition) is 3. The SMILES string of the molecule is CC(=O)Nc1ccc(CCN=C(N)NC(C)c2ccc(Cl)cc2Cl)cc1. The summed E-state index contributed by atoms with van der Waals surface area (Å²) in [6, 6.07) is 12.9. The molecule has 1 amide bonds. The fourth-order valence-corrected chi connectivity index (χ4v) is 3.03. The second kappa shape index (κ2) is 9.46. The van der Waals surface area contributed by atoms with Crippen molar-refractivity contribution in [1.82, 2.24) is 5.32 Å². The average molecular weight is 393 g/mol. The molecule has 1 unspecified atom stereocenters. The summed E-state index contributed by atoms with van der Waals surface area (Å²) in [5, 5.41) is 7.04. The van der Waals surface area contributed by atoms with Crippen LogP contribution >= 0.6 is 23.2 Å². The van der Waals surface area contributed by atoms with Crippen molar-refractivity contribution in [3.05, 3.63) is 63.6 Å². The smallest absolute Gasteiger partial charge is 0.221 e. The number of rotatable bonds is 6. The Morgan fingerprint density at radius 1 is 1.19 bits per heavy atom. The average Bonchev–Trinajstić information content (AvgIpc) is 2.55. The number of nitrogens with one attached hydrogen (secondary N) is 2. The highest BCUT2D eigenvalue weighted by molar-refractivity contribution is 6.35. The molecule has 0 aliphatic rings. The Morgan fingerprint density at radius 2 is 1.88 bits per heavy atom. The first-order chi connectivity index (χ1) is 12.3. The predicted molar refractivity (Wildman–Crippen MR) is 109 cm³/mol. The van der Waals surface area contributed by atoms with Gasteiger partial charge < -0.3 is 16.4 Å². The van der Waals surface area contributed by atoms with Crippen LogP contribution in [0.5, 0.6) is 0 Å². The van der Waals surface area contributed by atoms with Crippen molar-refractivity contribution in [1.29, 1.82) is 0 Å². The maximum atomic E-state index is 11.0. The molecular formula is C19H22Cl2N4O. The van der Waals surface area contributed by atoms with Crippen LogP contribution in [0.1, 0.15) is 31.0 Å². The van der Waals surface area contributed by atoms with Crippen LogP contribution in [0.2, 0.25) is 10.0 Å². The lowest BCUT2D eigenvalue weighted by Crippen LogP contribution is -2.34. The molecule has 2 aromatic rings. The number of nitrogens with two attached hydrogens (primary N) is 1. The van der Waals surface area contributed by atoms with E-state index in [1.807, 2.05) is 37.3 Å². The summed E-state index contributed by atoms with van der Waals surface area (Å²) in [4.78, 5) is 15.4. The Hall–Kier alpha value is -2.24. The van der Waals surface area contributed by atoms with Crippen LogP contribution in [0.3, 0.4) is 0 Å². The number of amides is 1. The van der Waals surface area contributed by atoms with E-state index in [0.29, 0.717) is 22.5 Å². The van der Waals surface area contributed by atoms with Crippen molar-refractivity contribution in [3.63, 3.8) is 0 Å². The highest BCUT2D eigenvalue weighted by Crippen LogP contribution is 2.25. The van der Waals surface area contributed by atoms with Crippen LogP contribution in [0.25, 0.3) is 0 Å². The molecule has 7 heteroatoms. The van der Waals surface area contributed by atoms with E-state index in [1.165, 1.54) is 6.92 Å². The van der Waals surface area contributed by atoms with Crippen molar-refractivity contribution in [2.75, 3.05) is 11.9 Å². The second-order valence-electron chi connectivity index (χ2n) is 5.93. The van der Waals surface area contributed by atoms with Crippen LogP contribution in [0.4, 0.5) is 5.69 Å². The number of nitrogens with zero attached hydrogens (tertiary/aromatic N) is 1. The first-order valence-electron chi connectivity index (χ1n) is 8.23. The third-order valence-corrected chi connectivity index (χ3v) is 4.31. The highest BCUT2D eigenvalue weighted by atomic mass is 35.5. The van der Waals surface area contributed by atoms with Gasteiger partial charge in [0.25, 0.3) is 0 Å². The van der Waals surface area contributed by atoms with Crippen LogP contribution in [0.15, 0.2) is 47.5 Å². The maximum Gasteiger partial charge on any atom is 0.221 e. The van der Waals surface area contributed by atoms with E-state index in [4.69, 9.17) is 28.9 Å². The van der Waals surface area contributed by atoms with Gasteiger partial charge in [0.15, 0.2) is 5.96 Å². The predicted octanol–water partition coefficient (Wildman–Crippen LogP) is 4.16. The fourth-order valence-electron chi connectivity index (χ4n) is 2.46. The van der Waals surface area contributed by atoms with Gasteiger partial charge in [-0.15, -0.1) is 0 Å². The van der Waals surface area contributed by atoms with Gasteiger partial charge in [-0.3, -0.25) is 9.79 Å². The van der Waals surface area contributed by atoms with E-state index < -0.39 is 0 Å². The van der Waals surface area contributed by atoms with Gasteiger partial charge in [0.1, 0.15) is 0 Å². The van der Waals surface area contributed by atoms with Gasteiger partial charge in [0.05, 0.1) is 6.04 Å². The van der Waals surface area contributed by atoms with Gasteiger partial charge in [-0.25, -0.2) is 0 Å². The molecule has 0 aliphatic heterocycles. The summed E-state index contributed by atoms with van der Waals surface area (Å²) in [6.07, 6.45) is 0.749. The number of carbonyl (C=O) groups excluding carboxylic acids is 1. The Labute approximate surface area is 163 Å². The number of carbonyl (C=O) groups is 1. The monoisotopic (exact) mass is 392 g/mol. The minimum Gasteiger partial charge on any atom is -0.370 e. The lowest BCUT2D eigenvalue weighted by Gasteiger charge is -2.16. The van der Waals surface area contributed by atoms with Gasteiger partial charge in [0.2, 0.25) is 5.91 Å². The summed E-state index contributed by atoms with van der Waals surface area (Å²) in [7, 11) is 0. The van der Waals surface area contributed by atoms with E-state index in [0.717, 1.165) is 23.2 Å². The molecule has 0 fully saturated rings. The third kappa shape index (κ3) is 6.24. The Balaban J connectivity index is 1.86. The third-order valence-electron chi connectivity index (χ3n) is 3.75. The molecule has 5 nitrogen and oxygen atoms in total. The van der Waals surface area contributed by atoms with Gasteiger partial charge in [-0.05, 0) is 48.7 Å². The van der Waals surface area contributed by atoms with Gasteiger partial charge in [0, 0.05) is 29.2 Å². The largest absolute Gasteiger partial charge is 0.370 e. The van der Waals surface area contributed by atoms with Crippen LogP contribution in [-0.4, -0.2) is 18.4 Å². The molecular weight excluding hydrogens is 371 g/mol. The zero-order valence-electron chi connectivity index (χ0n) is 14.7. The highest BCUT2D eigenvalue weighted by Gasteiger charge is 2.10.